The fourth-order valence-electron chi connectivity index (χ4n) is 4.93. The van der Waals surface area contributed by atoms with Gasteiger partial charge in [-0.15, -0.1) is 11.8 Å². The molecule has 51 heavy (non-hydrogen) atoms. The molecule has 3 amide bonds. The summed E-state index contributed by atoms with van der Waals surface area (Å²) in [5, 5.41) is 7.22. The number of halogens is 4. The summed E-state index contributed by atoms with van der Waals surface area (Å²) >= 11 is 7.32. The second kappa shape index (κ2) is 16.6. The number of carbonyl (C=O) groups is 3. The maximum absolute atomic E-state index is 13.5. The fourth-order valence-corrected chi connectivity index (χ4v) is 6.12. The molecule has 1 atom stereocenters. The van der Waals surface area contributed by atoms with Crippen molar-refractivity contribution in [3.8, 4) is 0 Å². The zero-order chi connectivity index (χ0) is 36.5. The summed E-state index contributed by atoms with van der Waals surface area (Å²) in [6.07, 6.45) is -3.01. The number of hydrogen-bond acceptors (Lipinski definition) is 4. The minimum Gasteiger partial charge on any atom is -0.323 e. The van der Waals surface area contributed by atoms with Crippen LogP contribution in [0, 0.1) is 0 Å². The van der Waals surface area contributed by atoms with Crippen LogP contribution in [0.2, 0.25) is 5.02 Å². The number of rotatable bonds is 11. The molecule has 3 N–H and O–H groups in total. The van der Waals surface area contributed by atoms with Crippen LogP contribution in [-0.2, 0) is 15.8 Å². The molecule has 0 radical (unpaired) electrons. The van der Waals surface area contributed by atoms with Gasteiger partial charge in [-0.05, 0) is 83.3 Å². The topological polar surface area (TPSA) is 87.3 Å². The van der Waals surface area contributed by atoms with Gasteiger partial charge >= 0.3 is 6.18 Å². The van der Waals surface area contributed by atoms with Crippen LogP contribution in [0.25, 0.3) is 6.08 Å². The molecule has 0 fully saturated rings. The molecule has 0 aromatic heterocycles. The molecule has 5 aromatic carbocycles. The van der Waals surface area contributed by atoms with Crippen molar-refractivity contribution in [3.05, 3.63) is 166 Å². The predicted octanol–water partition coefficient (Wildman–Crippen LogP) is 10.4. The van der Waals surface area contributed by atoms with Gasteiger partial charge in [0.15, 0.2) is 0 Å². The Morgan fingerprint density at radius 2 is 1.37 bits per heavy atom. The molecular formula is C40H33ClF3N3O3S. The number of thioether (sulfide) groups is 1. The molecule has 11 heteroatoms. The minimum absolute atomic E-state index is 0.0331. The van der Waals surface area contributed by atoms with Crippen molar-refractivity contribution < 1.29 is 27.6 Å². The van der Waals surface area contributed by atoms with Crippen LogP contribution in [0.15, 0.2) is 138 Å². The first kappa shape index (κ1) is 36.9. The Morgan fingerprint density at radius 1 is 0.745 bits per heavy atom. The second-order valence-corrected chi connectivity index (χ2v) is 13.4. The number of carbonyl (C=O) groups excluding carboxylic acids is 3. The number of nitrogens with one attached hydrogen (secondary N) is 3. The highest BCUT2D eigenvalue weighted by atomic mass is 35.5. The zero-order valence-corrected chi connectivity index (χ0v) is 29.1. The van der Waals surface area contributed by atoms with E-state index in [0.717, 1.165) is 29.3 Å². The first-order chi connectivity index (χ1) is 24.4. The smallest absolute Gasteiger partial charge is 0.323 e. The molecule has 0 spiro atoms. The van der Waals surface area contributed by atoms with E-state index >= 15 is 0 Å². The van der Waals surface area contributed by atoms with Gasteiger partial charge in [0.2, 0.25) is 5.91 Å². The summed E-state index contributed by atoms with van der Waals surface area (Å²) in [5.74, 6) is -1.24. The minimum atomic E-state index is -4.61. The molecule has 6 nitrogen and oxygen atoms in total. The third kappa shape index (κ3) is 10.1. The monoisotopic (exact) mass is 727 g/mol. The van der Waals surface area contributed by atoms with Crippen molar-refractivity contribution in [2.45, 2.75) is 36.1 Å². The molecule has 0 saturated carbocycles. The fraction of sp³-hybridized carbons (Fsp3) is 0.125. The van der Waals surface area contributed by atoms with Crippen molar-refractivity contribution in [2.75, 3.05) is 10.6 Å². The number of alkyl halides is 3. The van der Waals surface area contributed by atoms with Gasteiger partial charge in [0.05, 0.1) is 16.3 Å². The quantitative estimate of drug-likeness (QED) is 0.0934. The lowest BCUT2D eigenvalue weighted by atomic mass is 10.0. The average Bonchev–Trinajstić information content (AvgIpc) is 3.12. The van der Waals surface area contributed by atoms with E-state index < -0.39 is 34.7 Å². The van der Waals surface area contributed by atoms with E-state index in [4.69, 9.17) is 11.6 Å². The van der Waals surface area contributed by atoms with Gasteiger partial charge in [-0.3, -0.25) is 14.4 Å². The van der Waals surface area contributed by atoms with Crippen LogP contribution in [0.1, 0.15) is 57.6 Å². The van der Waals surface area contributed by atoms with Crippen molar-refractivity contribution in [2.24, 2.45) is 0 Å². The van der Waals surface area contributed by atoms with Crippen LogP contribution < -0.4 is 16.0 Å². The molecule has 0 aliphatic rings. The van der Waals surface area contributed by atoms with Gasteiger partial charge in [-0.2, -0.15) is 13.2 Å². The molecule has 260 valence electrons. The summed E-state index contributed by atoms with van der Waals surface area (Å²) < 4.78 is 40.1. The maximum atomic E-state index is 13.5. The highest BCUT2D eigenvalue weighted by molar-refractivity contribution is 8.00. The van der Waals surface area contributed by atoms with E-state index in [0.29, 0.717) is 27.6 Å². The van der Waals surface area contributed by atoms with E-state index in [1.165, 1.54) is 11.8 Å². The van der Waals surface area contributed by atoms with Crippen LogP contribution in [0.3, 0.4) is 0 Å². The highest BCUT2D eigenvalue weighted by Crippen LogP contribution is 2.39. The summed E-state index contributed by atoms with van der Waals surface area (Å²) in [6, 6.07) is 34.5. The Labute approximate surface area is 303 Å². The van der Waals surface area contributed by atoms with E-state index in [2.05, 4.69) is 29.8 Å². The first-order valence-electron chi connectivity index (χ1n) is 15.9. The lowest BCUT2D eigenvalue weighted by Gasteiger charge is -2.19. The van der Waals surface area contributed by atoms with Crippen LogP contribution in [0.4, 0.5) is 24.5 Å². The van der Waals surface area contributed by atoms with E-state index in [1.54, 1.807) is 91.0 Å². The van der Waals surface area contributed by atoms with Crippen molar-refractivity contribution in [1.82, 2.24) is 5.32 Å². The van der Waals surface area contributed by atoms with Crippen LogP contribution in [-0.4, -0.2) is 17.7 Å². The zero-order valence-electron chi connectivity index (χ0n) is 27.5. The molecule has 0 bridgehead atoms. The second-order valence-electron chi connectivity index (χ2n) is 11.8. The van der Waals surface area contributed by atoms with Crippen molar-refractivity contribution in [3.63, 3.8) is 0 Å². The third-order valence-electron chi connectivity index (χ3n) is 7.70. The molecular weight excluding hydrogens is 695 g/mol. The average molecular weight is 728 g/mol. The summed E-state index contributed by atoms with van der Waals surface area (Å²) in [7, 11) is 0. The molecule has 0 heterocycles. The normalized spacial score (nSPS) is 12.3. The lowest BCUT2D eigenvalue weighted by Crippen LogP contribution is -2.30. The number of anilines is 2. The predicted molar refractivity (Wildman–Crippen MR) is 198 cm³/mol. The van der Waals surface area contributed by atoms with E-state index in [-0.39, 0.29) is 16.4 Å². The maximum Gasteiger partial charge on any atom is 0.416 e. The Morgan fingerprint density at radius 3 is 1.98 bits per heavy atom. The first-order valence-corrected chi connectivity index (χ1v) is 17.1. The van der Waals surface area contributed by atoms with Crippen molar-refractivity contribution in [1.29, 1.82) is 0 Å². The lowest BCUT2D eigenvalue weighted by molar-refractivity contribution is -0.137. The molecule has 0 aliphatic carbocycles. The van der Waals surface area contributed by atoms with Gasteiger partial charge in [0.25, 0.3) is 11.8 Å². The Balaban J connectivity index is 1.34. The molecule has 5 rings (SSSR count). The largest absolute Gasteiger partial charge is 0.416 e. The summed E-state index contributed by atoms with van der Waals surface area (Å²) in [6.45, 7) is 4.17. The van der Waals surface area contributed by atoms with Gasteiger partial charge in [0, 0.05) is 16.1 Å². The van der Waals surface area contributed by atoms with Crippen LogP contribution >= 0.6 is 23.4 Å². The van der Waals surface area contributed by atoms with Gasteiger partial charge in [0.1, 0.15) is 10.9 Å². The van der Waals surface area contributed by atoms with E-state index in [1.807, 2.05) is 24.3 Å². The molecule has 0 aliphatic heterocycles. The van der Waals surface area contributed by atoms with Crippen LogP contribution in [0.5, 0.6) is 0 Å². The van der Waals surface area contributed by atoms with Gasteiger partial charge in [-0.1, -0.05) is 98.2 Å². The third-order valence-corrected chi connectivity index (χ3v) is 9.30. The Hall–Kier alpha value is -5.32. The number of hydrogen-bond donors (Lipinski definition) is 3. The van der Waals surface area contributed by atoms with Crippen molar-refractivity contribution >= 4 is 58.5 Å². The Kier molecular flexibility index (Phi) is 12.0. The van der Waals surface area contributed by atoms with Gasteiger partial charge in [-0.25, -0.2) is 0 Å². The summed E-state index contributed by atoms with van der Waals surface area (Å²) in [4.78, 5) is 40.8. The van der Waals surface area contributed by atoms with E-state index in [9.17, 15) is 27.6 Å². The number of benzene rings is 5. The molecule has 1 unspecified atom stereocenters. The SMILES string of the molecule is CC(C)c1ccc(/C=C(\NC(=O)c2ccccc2)C(=O)Nc2ccc(SC(C(=O)Nc3cc(C(F)(F)F)ccc3Cl)c3ccccc3)cc2)cc1. The molecule has 5 aromatic rings. The van der Waals surface area contributed by atoms with Gasteiger partial charge < -0.3 is 16.0 Å². The summed E-state index contributed by atoms with van der Waals surface area (Å²) in [5.41, 5.74) is 2.23. The highest BCUT2D eigenvalue weighted by Gasteiger charge is 2.32. The Bertz CT molecular complexity index is 2020. The standard InChI is InChI=1S/C40H33ClF3N3O3S/c1-25(2)27-15-13-26(14-16-27)23-35(47-37(48)29-11-7-4-8-12-29)38(49)45-31-18-20-32(21-19-31)51-36(28-9-5-3-6-10-28)39(50)46-34-24-30(40(42,43)44)17-22-33(34)41/h3-25,36H,1-2H3,(H,45,49)(H,46,50)(H,47,48)/b35-23-. The molecule has 0 saturated heterocycles. The number of amides is 3.